The predicted octanol–water partition coefficient (Wildman–Crippen LogP) is 2.66. The lowest BCUT2D eigenvalue weighted by molar-refractivity contribution is 0.259. The zero-order valence-corrected chi connectivity index (χ0v) is 13.2. The van der Waals surface area contributed by atoms with E-state index in [2.05, 4.69) is 15.2 Å². The molecule has 0 unspecified atom stereocenters. The quantitative estimate of drug-likeness (QED) is 0.926. The van der Waals surface area contributed by atoms with Crippen molar-refractivity contribution in [1.82, 2.24) is 4.90 Å². The number of nitrogens with one attached hydrogen (secondary N) is 1. The molecule has 1 fully saturated rings. The number of aliphatic imine (C=N–C) groups is 1. The number of ether oxygens (including phenoxy) is 2. The van der Waals surface area contributed by atoms with E-state index in [1.165, 1.54) is 0 Å². The van der Waals surface area contributed by atoms with Crippen molar-refractivity contribution in [3.05, 3.63) is 18.2 Å². The van der Waals surface area contributed by atoms with E-state index in [1.807, 2.05) is 6.92 Å². The third kappa shape index (κ3) is 3.60. The minimum absolute atomic E-state index is 0.430. The molecule has 6 nitrogen and oxygen atoms in total. The highest BCUT2D eigenvalue weighted by atomic mass is 32.2. The lowest BCUT2D eigenvalue weighted by Crippen LogP contribution is -2.25. The molecule has 0 aromatic heterocycles. The van der Waals surface area contributed by atoms with Gasteiger partial charge in [0, 0.05) is 18.8 Å². The number of carbonyl (C=O) groups excluding carboxylic acids is 1. The molecule has 1 aliphatic heterocycles. The van der Waals surface area contributed by atoms with E-state index in [0.717, 1.165) is 24.0 Å². The Bertz CT molecular complexity index is 526. The average Bonchev–Trinajstić information content (AvgIpc) is 2.94. The second-order valence-electron chi connectivity index (χ2n) is 4.29. The molecule has 0 atom stereocenters. The van der Waals surface area contributed by atoms with E-state index >= 15 is 0 Å². The number of carbonyl (C=O) groups is 1. The van der Waals surface area contributed by atoms with Gasteiger partial charge in [0.2, 0.25) is 0 Å². The summed E-state index contributed by atoms with van der Waals surface area (Å²) in [4.78, 5) is 18.3. The molecule has 1 aromatic rings. The molecular weight excluding hydrogens is 290 g/mol. The number of nitrogens with zero attached hydrogens (tertiary/aromatic N) is 2. The van der Waals surface area contributed by atoms with Gasteiger partial charge < -0.3 is 14.4 Å². The van der Waals surface area contributed by atoms with Crippen molar-refractivity contribution >= 4 is 28.6 Å². The molecule has 2 rings (SSSR count). The third-order valence-electron chi connectivity index (χ3n) is 3.10. The Kier molecular flexibility index (Phi) is 5.32. The lowest BCUT2D eigenvalue weighted by atomic mass is 10.2. The molecule has 0 spiro atoms. The number of benzene rings is 1. The first-order valence-corrected chi connectivity index (χ1v) is 7.66. The molecule has 1 saturated heterocycles. The van der Waals surface area contributed by atoms with E-state index in [9.17, 15) is 4.79 Å². The molecule has 0 aliphatic carbocycles. The first-order chi connectivity index (χ1) is 10.2. The van der Waals surface area contributed by atoms with Crippen LogP contribution in [0.15, 0.2) is 23.2 Å². The highest BCUT2D eigenvalue weighted by molar-refractivity contribution is 8.14. The summed E-state index contributed by atoms with van der Waals surface area (Å²) in [6, 6.07) is 4.88. The highest BCUT2D eigenvalue weighted by Crippen LogP contribution is 2.34. The van der Waals surface area contributed by atoms with Gasteiger partial charge in [-0.3, -0.25) is 5.32 Å². The zero-order chi connectivity index (χ0) is 15.2. The molecule has 1 aromatic carbocycles. The Morgan fingerprint density at radius 3 is 2.62 bits per heavy atom. The van der Waals surface area contributed by atoms with Crippen LogP contribution in [-0.4, -0.2) is 49.2 Å². The maximum absolute atomic E-state index is 12.1. The summed E-state index contributed by atoms with van der Waals surface area (Å²) in [5.41, 5.74) is 0.489. The van der Waals surface area contributed by atoms with Crippen molar-refractivity contribution in [2.75, 3.05) is 38.4 Å². The number of hydrogen-bond acceptors (Lipinski definition) is 4. The molecule has 2 amide bonds. The van der Waals surface area contributed by atoms with Crippen LogP contribution in [0, 0.1) is 0 Å². The fourth-order valence-electron chi connectivity index (χ4n) is 2.03. The second-order valence-corrected chi connectivity index (χ2v) is 5.35. The van der Waals surface area contributed by atoms with Crippen LogP contribution in [0.25, 0.3) is 0 Å². The number of urea groups is 1. The fourth-order valence-corrected chi connectivity index (χ4v) is 3.07. The average molecular weight is 309 g/mol. The van der Waals surface area contributed by atoms with Crippen LogP contribution in [-0.2, 0) is 0 Å². The third-order valence-corrected chi connectivity index (χ3v) is 4.10. The summed E-state index contributed by atoms with van der Waals surface area (Å²) in [6.45, 7) is 3.81. The van der Waals surface area contributed by atoms with Gasteiger partial charge in [0.05, 0.1) is 14.2 Å². The van der Waals surface area contributed by atoms with Crippen LogP contribution in [0.1, 0.15) is 6.92 Å². The van der Waals surface area contributed by atoms with E-state index in [4.69, 9.17) is 9.47 Å². The van der Waals surface area contributed by atoms with Gasteiger partial charge in [0.25, 0.3) is 0 Å². The van der Waals surface area contributed by atoms with Crippen molar-refractivity contribution < 1.29 is 14.3 Å². The van der Waals surface area contributed by atoms with Crippen molar-refractivity contribution in [3.8, 4) is 11.5 Å². The maximum Gasteiger partial charge on any atom is 0.348 e. The summed E-state index contributed by atoms with van der Waals surface area (Å²) < 4.78 is 10.5. The minimum atomic E-state index is -0.430. The first kappa shape index (κ1) is 15.5. The van der Waals surface area contributed by atoms with E-state index < -0.39 is 6.03 Å². The topological polar surface area (TPSA) is 63.2 Å². The van der Waals surface area contributed by atoms with Crippen molar-refractivity contribution in [2.24, 2.45) is 4.99 Å². The molecule has 21 heavy (non-hydrogen) atoms. The van der Waals surface area contributed by atoms with Gasteiger partial charge in [-0.05, 0) is 19.1 Å². The normalized spacial score (nSPS) is 16.1. The number of anilines is 1. The van der Waals surface area contributed by atoms with E-state index in [-0.39, 0.29) is 0 Å². The summed E-state index contributed by atoms with van der Waals surface area (Å²) in [6.07, 6.45) is 0. The number of hydrogen-bond donors (Lipinski definition) is 1. The number of methoxy groups -OCH3 is 2. The molecule has 7 heteroatoms. The Morgan fingerprint density at radius 2 is 2.05 bits per heavy atom. The van der Waals surface area contributed by atoms with E-state index in [1.54, 1.807) is 44.2 Å². The largest absolute Gasteiger partial charge is 0.494 e. The van der Waals surface area contributed by atoms with Crippen LogP contribution < -0.4 is 14.8 Å². The summed E-state index contributed by atoms with van der Waals surface area (Å²) in [7, 11) is 3.09. The minimum Gasteiger partial charge on any atom is -0.494 e. The monoisotopic (exact) mass is 309 g/mol. The maximum atomic E-state index is 12.1. The van der Waals surface area contributed by atoms with Crippen LogP contribution in [0.4, 0.5) is 10.5 Å². The molecule has 0 saturated carbocycles. The molecule has 1 N–H and O–H groups in total. The Balaban J connectivity index is 2.18. The van der Waals surface area contributed by atoms with Gasteiger partial charge in [-0.25, -0.2) is 4.79 Å². The summed E-state index contributed by atoms with van der Waals surface area (Å²) in [5.74, 6) is 2.03. The smallest absolute Gasteiger partial charge is 0.348 e. The van der Waals surface area contributed by atoms with E-state index in [0.29, 0.717) is 17.2 Å². The van der Waals surface area contributed by atoms with Gasteiger partial charge in [-0.15, -0.1) is 0 Å². The number of thioether (sulfide) groups is 1. The Labute approximate surface area is 128 Å². The van der Waals surface area contributed by atoms with Gasteiger partial charge in [0.1, 0.15) is 17.2 Å². The number of rotatable bonds is 4. The zero-order valence-electron chi connectivity index (χ0n) is 12.4. The second kappa shape index (κ2) is 7.21. The SMILES string of the molecule is CCN1CCS/C1=N\C(=O)Nc1c(OC)cccc1OC. The Morgan fingerprint density at radius 1 is 1.38 bits per heavy atom. The highest BCUT2D eigenvalue weighted by Gasteiger charge is 2.20. The van der Waals surface area contributed by atoms with Crippen LogP contribution in [0.3, 0.4) is 0 Å². The summed E-state index contributed by atoms with van der Waals surface area (Å²) >= 11 is 1.59. The van der Waals surface area contributed by atoms with Crippen molar-refractivity contribution in [3.63, 3.8) is 0 Å². The van der Waals surface area contributed by atoms with Gasteiger partial charge in [-0.2, -0.15) is 4.99 Å². The number of amidine groups is 1. The predicted molar refractivity (Wildman–Crippen MR) is 85.7 cm³/mol. The number of amides is 2. The van der Waals surface area contributed by atoms with Crippen LogP contribution in [0.5, 0.6) is 11.5 Å². The Hall–Kier alpha value is -1.89. The molecule has 114 valence electrons. The van der Waals surface area contributed by atoms with Crippen LogP contribution in [0.2, 0.25) is 0 Å². The fraction of sp³-hybridized carbons (Fsp3) is 0.429. The standard InChI is InChI=1S/C14H19N3O3S/c1-4-17-8-9-21-14(17)16-13(18)15-12-10(19-2)6-5-7-11(12)20-3/h5-7H,4,8-9H2,1-3H3,(H,15,18)/b16-14-. The van der Waals surface area contributed by atoms with Crippen molar-refractivity contribution in [1.29, 1.82) is 0 Å². The summed E-state index contributed by atoms with van der Waals surface area (Å²) in [5, 5.41) is 3.49. The van der Waals surface area contributed by atoms with Gasteiger partial charge in [-0.1, -0.05) is 17.8 Å². The molecular formula is C14H19N3O3S. The van der Waals surface area contributed by atoms with Crippen molar-refractivity contribution in [2.45, 2.75) is 6.92 Å². The first-order valence-electron chi connectivity index (χ1n) is 6.68. The van der Waals surface area contributed by atoms with Gasteiger partial charge in [0.15, 0.2) is 5.17 Å². The van der Waals surface area contributed by atoms with Crippen LogP contribution >= 0.6 is 11.8 Å². The van der Waals surface area contributed by atoms with Gasteiger partial charge >= 0.3 is 6.03 Å². The molecule has 1 heterocycles. The number of para-hydroxylation sites is 1. The molecule has 1 aliphatic rings. The molecule has 0 radical (unpaired) electrons. The molecule has 0 bridgehead atoms. The lowest BCUT2D eigenvalue weighted by Gasteiger charge is -2.15.